The van der Waals surface area contributed by atoms with Gasteiger partial charge in [0.25, 0.3) is 5.56 Å². The minimum atomic E-state index is -0.476. The molecule has 28 heavy (non-hydrogen) atoms. The van der Waals surface area contributed by atoms with Crippen LogP contribution in [0, 0.1) is 0 Å². The van der Waals surface area contributed by atoms with Crippen molar-refractivity contribution in [3.8, 4) is 11.6 Å². The van der Waals surface area contributed by atoms with E-state index in [0.717, 1.165) is 0 Å². The first kappa shape index (κ1) is 17.8. The van der Waals surface area contributed by atoms with Gasteiger partial charge in [-0.25, -0.2) is 9.97 Å². The average Bonchev–Trinajstić information content (AvgIpc) is 3.22. The highest BCUT2D eigenvalue weighted by Gasteiger charge is 2.17. The van der Waals surface area contributed by atoms with Crippen molar-refractivity contribution in [2.75, 3.05) is 12.4 Å². The van der Waals surface area contributed by atoms with Crippen LogP contribution in [0.1, 0.15) is 18.7 Å². The summed E-state index contributed by atoms with van der Waals surface area (Å²) in [5.41, 5.74) is 1.63. The van der Waals surface area contributed by atoms with E-state index in [0.29, 0.717) is 21.7 Å². The number of nitrogens with zero attached hydrogens (tertiary/aromatic N) is 7. The number of anilines is 1. The molecule has 0 aliphatic heterocycles. The molecule has 4 rings (SSSR count). The van der Waals surface area contributed by atoms with E-state index < -0.39 is 6.04 Å². The van der Waals surface area contributed by atoms with Gasteiger partial charge in [0.1, 0.15) is 17.7 Å². The van der Waals surface area contributed by atoms with Gasteiger partial charge in [0.2, 0.25) is 11.8 Å². The van der Waals surface area contributed by atoms with Gasteiger partial charge in [-0.05, 0) is 35.5 Å². The second kappa shape index (κ2) is 7.19. The van der Waals surface area contributed by atoms with Crippen LogP contribution in [-0.4, -0.2) is 47.3 Å². The molecule has 0 unspecified atom stereocenters. The van der Waals surface area contributed by atoms with Crippen LogP contribution >= 0.6 is 11.6 Å². The highest BCUT2D eigenvalue weighted by Crippen LogP contribution is 2.22. The van der Waals surface area contributed by atoms with E-state index in [4.69, 9.17) is 16.3 Å². The number of fused-ring (bicyclic) bond motifs is 1. The number of methoxy groups -OCH3 is 1. The van der Waals surface area contributed by atoms with Crippen molar-refractivity contribution < 1.29 is 4.74 Å². The van der Waals surface area contributed by atoms with Crippen LogP contribution in [-0.2, 0) is 0 Å². The van der Waals surface area contributed by atoms with Gasteiger partial charge in [-0.3, -0.25) is 4.79 Å². The van der Waals surface area contributed by atoms with Crippen molar-refractivity contribution in [3.05, 3.63) is 51.8 Å². The van der Waals surface area contributed by atoms with Gasteiger partial charge >= 0.3 is 0 Å². The number of halogens is 1. The van der Waals surface area contributed by atoms with Gasteiger partial charge < -0.3 is 15.0 Å². The second-order valence-electron chi connectivity index (χ2n) is 5.82. The van der Waals surface area contributed by atoms with Gasteiger partial charge in [0.05, 0.1) is 30.4 Å². The molecule has 3 aromatic heterocycles. The third kappa shape index (κ3) is 3.34. The van der Waals surface area contributed by atoms with Crippen LogP contribution < -0.4 is 15.6 Å². The summed E-state index contributed by atoms with van der Waals surface area (Å²) in [4.78, 5) is 28.2. The van der Waals surface area contributed by atoms with E-state index in [2.05, 4.69) is 40.8 Å². The lowest BCUT2D eigenvalue weighted by Crippen LogP contribution is -2.22. The summed E-state index contributed by atoms with van der Waals surface area (Å²) in [6, 6.07) is 4.61. The molecule has 0 bridgehead atoms. The summed E-state index contributed by atoms with van der Waals surface area (Å²) in [5.74, 6) is 0.526. The van der Waals surface area contributed by atoms with Crippen LogP contribution in [0.4, 0.5) is 5.95 Å². The normalized spacial score (nSPS) is 12.1. The van der Waals surface area contributed by atoms with E-state index >= 15 is 0 Å². The first-order chi connectivity index (χ1) is 13.5. The van der Waals surface area contributed by atoms with Gasteiger partial charge in [-0.15, -0.1) is 5.10 Å². The molecule has 1 aromatic carbocycles. The van der Waals surface area contributed by atoms with Crippen molar-refractivity contribution in [1.29, 1.82) is 0 Å². The molecule has 2 N–H and O–H groups in total. The van der Waals surface area contributed by atoms with Crippen LogP contribution in [0.5, 0.6) is 5.88 Å². The van der Waals surface area contributed by atoms with Crippen molar-refractivity contribution in [1.82, 2.24) is 40.1 Å². The highest BCUT2D eigenvalue weighted by atomic mass is 35.5. The lowest BCUT2D eigenvalue weighted by atomic mass is 10.2. The van der Waals surface area contributed by atoms with Crippen LogP contribution in [0.3, 0.4) is 0 Å². The lowest BCUT2D eigenvalue weighted by Gasteiger charge is -2.14. The van der Waals surface area contributed by atoms with E-state index in [9.17, 15) is 4.79 Å². The molecule has 3 heterocycles. The van der Waals surface area contributed by atoms with Gasteiger partial charge in [-0.2, -0.15) is 9.67 Å². The summed E-state index contributed by atoms with van der Waals surface area (Å²) in [6.45, 7) is 1.78. The fraction of sp³-hybridized carbons (Fsp3) is 0.188. The standard InChI is InChI=1S/C16H14ClN9O2/c1-8(13-14(27)22-10-4-3-9(17)5-11(10)21-13)20-16-18-6-12(15(23-16)28-2)26-7-19-24-25-26/h3-8H,1-2H3,(H,22,27)(H,18,20,23)/t8-/m0/s1. The minimum absolute atomic E-state index is 0.258. The number of rotatable bonds is 5. The number of aromatic nitrogens is 8. The number of hydrogen-bond donors (Lipinski definition) is 2. The topological polar surface area (TPSA) is 136 Å². The van der Waals surface area contributed by atoms with Crippen molar-refractivity contribution in [2.45, 2.75) is 13.0 Å². The Kier molecular flexibility index (Phi) is 4.57. The monoisotopic (exact) mass is 399 g/mol. The lowest BCUT2D eigenvalue weighted by molar-refractivity contribution is 0.394. The molecular weight excluding hydrogens is 386 g/mol. The molecule has 1 atom stereocenters. The molecule has 0 aliphatic carbocycles. The Labute approximate surface area is 162 Å². The number of H-pyrrole nitrogens is 1. The zero-order chi connectivity index (χ0) is 19.7. The molecule has 0 saturated heterocycles. The Balaban J connectivity index is 1.65. The average molecular weight is 400 g/mol. The van der Waals surface area contributed by atoms with E-state index in [1.165, 1.54) is 24.3 Å². The molecule has 12 heteroatoms. The Hall–Kier alpha value is -3.60. The van der Waals surface area contributed by atoms with E-state index in [-0.39, 0.29) is 23.1 Å². The maximum absolute atomic E-state index is 12.4. The Bertz CT molecular complexity index is 1190. The molecule has 0 spiro atoms. The van der Waals surface area contributed by atoms with Crippen LogP contribution in [0.25, 0.3) is 16.7 Å². The predicted molar refractivity (Wildman–Crippen MR) is 101 cm³/mol. The molecule has 0 saturated carbocycles. The highest BCUT2D eigenvalue weighted by molar-refractivity contribution is 6.31. The molecular formula is C16H14ClN9O2. The number of nitrogens with one attached hydrogen (secondary N) is 2. The van der Waals surface area contributed by atoms with E-state index in [1.54, 1.807) is 25.1 Å². The molecule has 4 aromatic rings. The number of hydrogen-bond acceptors (Lipinski definition) is 9. The summed E-state index contributed by atoms with van der Waals surface area (Å²) < 4.78 is 6.67. The molecule has 0 aliphatic rings. The fourth-order valence-electron chi connectivity index (χ4n) is 2.63. The molecule has 11 nitrogen and oxygen atoms in total. The van der Waals surface area contributed by atoms with Gasteiger partial charge in [0, 0.05) is 5.02 Å². The third-order valence-corrected chi connectivity index (χ3v) is 4.20. The molecule has 142 valence electrons. The summed E-state index contributed by atoms with van der Waals surface area (Å²) in [7, 11) is 1.47. The van der Waals surface area contributed by atoms with Gasteiger partial charge in [-0.1, -0.05) is 11.6 Å². The summed E-state index contributed by atoms with van der Waals surface area (Å²) in [6.07, 6.45) is 2.91. The van der Waals surface area contributed by atoms with E-state index in [1.807, 2.05) is 0 Å². The number of aromatic amines is 1. The van der Waals surface area contributed by atoms with Crippen molar-refractivity contribution in [3.63, 3.8) is 0 Å². The first-order valence-electron chi connectivity index (χ1n) is 8.15. The SMILES string of the molecule is COc1nc(N[C@@H](C)c2nc3cc(Cl)ccc3[nH]c2=O)ncc1-n1cnnn1. The number of tetrazole rings is 1. The van der Waals surface area contributed by atoms with Crippen molar-refractivity contribution >= 4 is 28.6 Å². The first-order valence-corrected chi connectivity index (χ1v) is 8.53. The number of benzene rings is 1. The molecule has 0 fully saturated rings. The Morgan fingerprint density at radius 2 is 2.18 bits per heavy atom. The Morgan fingerprint density at radius 3 is 2.93 bits per heavy atom. The minimum Gasteiger partial charge on any atom is -0.479 e. The second-order valence-corrected chi connectivity index (χ2v) is 6.26. The quantitative estimate of drug-likeness (QED) is 0.511. The van der Waals surface area contributed by atoms with Crippen LogP contribution in [0.15, 0.2) is 35.5 Å². The number of ether oxygens (including phenoxy) is 1. The van der Waals surface area contributed by atoms with Crippen LogP contribution in [0.2, 0.25) is 5.02 Å². The summed E-state index contributed by atoms with van der Waals surface area (Å²) in [5, 5.41) is 14.5. The Morgan fingerprint density at radius 1 is 1.32 bits per heavy atom. The largest absolute Gasteiger partial charge is 0.479 e. The maximum atomic E-state index is 12.4. The van der Waals surface area contributed by atoms with Gasteiger partial charge in [0.15, 0.2) is 0 Å². The zero-order valence-electron chi connectivity index (χ0n) is 14.8. The third-order valence-electron chi connectivity index (χ3n) is 3.96. The maximum Gasteiger partial charge on any atom is 0.272 e. The summed E-state index contributed by atoms with van der Waals surface area (Å²) >= 11 is 6.01. The predicted octanol–water partition coefficient (Wildman–Crippen LogP) is 1.52. The fourth-order valence-corrected chi connectivity index (χ4v) is 2.80. The smallest absolute Gasteiger partial charge is 0.272 e. The molecule has 0 amide bonds. The zero-order valence-corrected chi connectivity index (χ0v) is 15.5. The molecule has 0 radical (unpaired) electrons. The van der Waals surface area contributed by atoms with Crippen molar-refractivity contribution in [2.24, 2.45) is 0 Å².